The van der Waals surface area contributed by atoms with E-state index in [-0.39, 0.29) is 12.5 Å². The zero-order valence-electron chi connectivity index (χ0n) is 11.8. The Balaban J connectivity index is 2.52. The van der Waals surface area contributed by atoms with Crippen LogP contribution in [-0.4, -0.2) is 38.8 Å². The Hall–Kier alpha value is -1.30. The molecule has 0 aliphatic rings. The maximum atomic E-state index is 11.6. The predicted octanol–water partition coefficient (Wildman–Crippen LogP) is 1.37. The Bertz CT molecular complexity index is 440. The molecule has 1 atom stereocenters. The summed E-state index contributed by atoms with van der Waals surface area (Å²) in [5.41, 5.74) is 6.58. The van der Waals surface area contributed by atoms with Crippen molar-refractivity contribution in [1.82, 2.24) is 5.32 Å². The second kappa shape index (κ2) is 8.79. The topological polar surface area (TPSA) is 73.6 Å². The van der Waals surface area contributed by atoms with E-state index in [0.29, 0.717) is 24.6 Å². The first-order valence-corrected chi connectivity index (χ1v) is 6.89. The maximum absolute atomic E-state index is 11.6. The molecule has 0 fully saturated rings. The Kier molecular flexibility index (Phi) is 7.36. The molecule has 5 nitrogen and oxygen atoms in total. The van der Waals surface area contributed by atoms with Crippen LogP contribution in [0.1, 0.15) is 12.5 Å². The number of rotatable bonds is 8. The Morgan fingerprint density at radius 1 is 1.50 bits per heavy atom. The molecular weight excluding hydrogens is 280 g/mol. The number of hydrogen-bond donors (Lipinski definition) is 2. The zero-order valence-corrected chi connectivity index (χ0v) is 12.6. The molecule has 6 heteroatoms. The Morgan fingerprint density at radius 3 is 2.90 bits per heavy atom. The summed E-state index contributed by atoms with van der Waals surface area (Å²) < 4.78 is 10.4. The van der Waals surface area contributed by atoms with Crippen molar-refractivity contribution in [3.8, 4) is 5.75 Å². The van der Waals surface area contributed by atoms with Gasteiger partial charge in [0.2, 0.25) is 5.91 Å². The molecule has 112 valence electrons. The normalized spacial score (nSPS) is 12.0. The number of hydrogen-bond acceptors (Lipinski definition) is 4. The summed E-state index contributed by atoms with van der Waals surface area (Å²) in [6, 6.07) is 4.81. The van der Waals surface area contributed by atoms with E-state index in [0.717, 1.165) is 11.3 Å². The first-order chi connectivity index (χ1) is 9.58. The molecule has 1 amide bonds. The lowest BCUT2D eigenvalue weighted by Crippen LogP contribution is -2.44. The van der Waals surface area contributed by atoms with Gasteiger partial charge in [0.05, 0.1) is 13.2 Å². The first kappa shape index (κ1) is 16.8. The van der Waals surface area contributed by atoms with Crippen LogP contribution in [0, 0.1) is 0 Å². The molecule has 1 aromatic rings. The third-order valence-electron chi connectivity index (χ3n) is 2.70. The van der Waals surface area contributed by atoms with Crippen LogP contribution < -0.4 is 15.8 Å². The number of methoxy groups -OCH3 is 1. The van der Waals surface area contributed by atoms with Gasteiger partial charge in [-0.15, -0.1) is 0 Å². The van der Waals surface area contributed by atoms with Crippen LogP contribution in [0.25, 0.3) is 0 Å². The van der Waals surface area contributed by atoms with Gasteiger partial charge in [0.25, 0.3) is 0 Å². The van der Waals surface area contributed by atoms with Crippen molar-refractivity contribution in [2.24, 2.45) is 5.73 Å². The number of ether oxygens (including phenoxy) is 2. The van der Waals surface area contributed by atoms with E-state index in [1.165, 1.54) is 7.11 Å². The van der Waals surface area contributed by atoms with Crippen LogP contribution >= 0.6 is 11.6 Å². The molecule has 1 unspecified atom stereocenters. The van der Waals surface area contributed by atoms with Crippen molar-refractivity contribution in [3.05, 3.63) is 28.8 Å². The standard InChI is InChI=1S/C14H21ClN2O3/c1-3-20-13-5-4-11(15)8-10(13)6-7-17-14(18)12(16)9-19-2/h4-5,8,12H,3,6-7,9,16H2,1-2H3,(H,17,18). The highest BCUT2D eigenvalue weighted by Gasteiger charge is 2.12. The number of amides is 1. The highest BCUT2D eigenvalue weighted by molar-refractivity contribution is 6.30. The zero-order chi connectivity index (χ0) is 15.0. The van der Waals surface area contributed by atoms with Crippen LogP contribution in [0.3, 0.4) is 0 Å². The van der Waals surface area contributed by atoms with Gasteiger partial charge in [0.15, 0.2) is 0 Å². The molecule has 0 spiro atoms. The summed E-state index contributed by atoms with van der Waals surface area (Å²) in [5.74, 6) is 0.555. The molecule has 0 bridgehead atoms. The van der Waals surface area contributed by atoms with Gasteiger partial charge in [0, 0.05) is 18.7 Å². The van der Waals surface area contributed by atoms with E-state index in [1.54, 1.807) is 6.07 Å². The summed E-state index contributed by atoms with van der Waals surface area (Å²) in [6.07, 6.45) is 0.626. The van der Waals surface area contributed by atoms with Crippen molar-refractivity contribution >= 4 is 17.5 Å². The van der Waals surface area contributed by atoms with Gasteiger partial charge < -0.3 is 20.5 Å². The van der Waals surface area contributed by atoms with Gasteiger partial charge in [0.1, 0.15) is 11.8 Å². The second-order valence-electron chi connectivity index (χ2n) is 4.29. The smallest absolute Gasteiger partial charge is 0.239 e. The maximum Gasteiger partial charge on any atom is 0.239 e. The molecule has 3 N–H and O–H groups in total. The van der Waals surface area contributed by atoms with Crippen molar-refractivity contribution in [2.45, 2.75) is 19.4 Å². The fourth-order valence-corrected chi connectivity index (χ4v) is 1.94. The van der Waals surface area contributed by atoms with E-state index in [4.69, 9.17) is 26.8 Å². The predicted molar refractivity (Wildman–Crippen MR) is 79.2 cm³/mol. The van der Waals surface area contributed by atoms with Crippen LogP contribution in [0.4, 0.5) is 0 Å². The molecule has 0 saturated heterocycles. The SMILES string of the molecule is CCOc1ccc(Cl)cc1CCNC(=O)C(N)COC. The molecule has 0 radical (unpaired) electrons. The third kappa shape index (κ3) is 5.36. The fourth-order valence-electron chi connectivity index (χ4n) is 1.75. The quantitative estimate of drug-likeness (QED) is 0.760. The molecule has 0 aromatic heterocycles. The molecule has 0 saturated carbocycles. The highest BCUT2D eigenvalue weighted by Crippen LogP contribution is 2.23. The summed E-state index contributed by atoms with van der Waals surface area (Å²) in [4.78, 5) is 11.6. The average molecular weight is 301 g/mol. The third-order valence-corrected chi connectivity index (χ3v) is 2.93. The monoisotopic (exact) mass is 300 g/mol. The number of nitrogens with two attached hydrogens (primary N) is 1. The lowest BCUT2D eigenvalue weighted by Gasteiger charge is -2.13. The second-order valence-corrected chi connectivity index (χ2v) is 4.72. The summed E-state index contributed by atoms with van der Waals surface area (Å²) in [6.45, 7) is 3.17. The first-order valence-electron chi connectivity index (χ1n) is 6.52. The number of carbonyl (C=O) groups excluding carboxylic acids is 1. The molecule has 20 heavy (non-hydrogen) atoms. The van der Waals surface area contributed by atoms with Crippen LogP contribution in [0.15, 0.2) is 18.2 Å². The molecule has 1 aromatic carbocycles. The Morgan fingerprint density at radius 2 is 2.25 bits per heavy atom. The summed E-state index contributed by atoms with van der Waals surface area (Å²) >= 11 is 5.97. The summed E-state index contributed by atoms with van der Waals surface area (Å²) in [7, 11) is 1.51. The summed E-state index contributed by atoms with van der Waals surface area (Å²) in [5, 5.41) is 3.41. The van der Waals surface area contributed by atoms with Crippen molar-refractivity contribution in [3.63, 3.8) is 0 Å². The van der Waals surface area contributed by atoms with Crippen molar-refractivity contribution < 1.29 is 14.3 Å². The van der Waals surface area contributed by atoms with Gasteiger partial charge in [-0.2, -0.15) is 0 Å². The van der Waals surface area contributed by atoms with Gasteiger partial charge in [-0.25, -0.2) is 0 Å². The number of nitrogens with one attached hydrogen (secondary N) is 1. The molecule has 1 rings (SSSR count). The fraction of sp³-hybridized carbons (Fsp3) is 0.500. The van der Waals surface area contributed by atoms with Crippen LogP contribution in [0.5, 0.6) is 5.75 Å². The largest absolute Gasteiger partial charge is 0.494 e. The van der Waals surface area contributed by atoms with E-state index in [9.17, 15) is 4.79 Å². The molecule has 0 aliphatic heterocycles. The van der Waals surface area contributed by atoms with E-state index in [2.05, 4.69) is 5.32 Å². The van der Waals surface area contributed by atoms with Gasteiger partial charge >= 0.3 is 0 Å². The number of carbonyl (C=O) groups is 1. The Labute approximate surface area is 124 Å². The lowest BCUT2D eigenvalue weighted by atomic mass is 10.1. The van der Waals surface area contributed by atoms with Crippen LogP contribution in [0.2, 0.25) is 5.02 Å². The van der Waals surface area contributed by atoms with E-state index < -0.39 is 6.04 Å². The van der Waals surface area contributed by atoms with Crippen LogP contribution in [-0.2, 0) is 16.0 Å². The molecule has 0 heterocycles. The van der Waals surface area contributed by atoms with E-state index in [1.807, 2.05) is 19.1 Å². The number of halogens is 1. The minimum Gasteiger partial charge on any atom is -0.494 e. The lowest BCUT2D eigenvalue weighted by molar-refractivity contribution is -0.123. The van der Waals surface area contributed by atoms with Gasteiger partial charge in [-0.3, -0.25) is 4.79 Å². The van der Waals surface area contributed by atoms with Crippen molar-refractivity contribution in [1.29, 1.82) is 0 Å². The minimum absolute atomic E-state index is 0.202. The highest BCUT2D eigenvalue weighted by atomic mass is 35.5. The van der Waals surface area contributed by atoms with Gasteiger partial charge in [-0.1, -0.05) is 11.6 Å². The average Bonchev–Trinajstić information content (AvgIpc) is 2.42. The number of benzene rings is 1. The minimum atomic E-state index is -0.647. The molecular formula is C14H21ClN2O3. The van der Waals surface area contributed by atoms with Crippen molar-refractivity contribution in [2.75, 3.05) is 26.9 Å². The molecule has 0 aliphatic carbocycles. The van der Waals surface area contributed by atoms with E-state index >= 15 is 0 Å². The van der Waals surface area contributed by atoms with Gasteiger partial charge in [-0.05, 0) is 37.1 Å².